The van der Waals surface area contributed by atoms with E-state index in [9.17, 15) is 13.0 Å². The van der Waals surface area contributed by atoms with Crippen LogP contribution >= 0.6 is 0 Å². The average Bonchev–Trinajstić information content (AvgIpc) is 3.13. The average molecular weight is 427 g/mol. The van der Waals surface area contributed by atoms with Crippen LogP contribution < -0.4 is 4.74 Å². The Bertz CT molecular complexity index is 1290. The Morgan fingerprint density at radius 3 is 2.55 bits per heavy atom. The van der Waals surface area contributed by atoms with Gasteiger partial charge in [-0.05, 0) is 66.1 Å². The van der Waals surface area contributed by atoms with Gasteiger partial charge in [0.25, 0.3) is 10.0 Å². The molecule has 1 atom stereocenters. The molecule has 0 bridgehead atoms. The molecule has 4 aromatic rings. The minimum Gasteiger partial charge on any atom is -0.611 e. The highest BCUT2D eigenvalue weighted by Crippen LogP contribution is 2.33. The van der Waals surface area contributed by atoms with Crippen molar-refractivity contribution in [2.24, 2.45) is 0 Å². The molecular formula is C22H20NO4S2. The largest absolute Gasteiger partial charge is 0.611 e. The van der Waals surface area contributed by atoms with Crippen molar-refractivity contribution in [3.63, 3.8) is 0 Å². The highest BCUT2D eigenvalue weighted by molar-refractivity contribution is 7.92. The monoisotopic (exact) mass is 426 g/mol. The van der Waals surface area contributed by atoms with E-state index in [0.717, 1.165) is 10.8 Å². The first kappa shape index (κ1) is 19.8. The van der Waals surface area contributed by atoms with E-state index in [2.05, 4.69) is 6.92 Å². The van der Waals surface area contributed by atoms with Crippen molar-refractivity contribution in [1.82, 2.24) is 3.97 Å². The lowest BCUT2D eigenvalue weighted by molar-refractivity contribution is 0.340. The van der Waals surface area contributed by atoms with E-state index in [-0.39, 0.29) is 10.6 Å². The fourth-order valence-corrected chi connectivity index (χ4v) is 5.66. The van der Waals surface area contributed by atoms with Gasteiger partial charge < -0.3 is 9.29 Å². The summed E-state index contributed by atoms with van der Waals surface area (Å²) in [4.78, 5) is 0.606. The molecule has 0 aliphatic carbocycles. The van der Waals surface area contributed by atoms with Crippen molar-refractivity contribution in [1.29, 1.82) is 0 Å². The van der Waals surface area contributed by atoms with Gasteiger partial charge in [-0.25, -0.2) is 12.4 Å². The fraction of sp³-hybridized carbons (Fsp3) is 0.136. The zero-order valence-corrected chi connectivity index (χ0v) is 17.5. The summed E-state index contributed by atoms with van der Waals surface area (Å²) in [5.41, 5.74) is 0.457. The molecule has 0 fully saturated rings. The van der Waals surface area contributed by atoms with E-state index in [1.165, 1.54) is 10.2 Å². The van der Waals surface area contributed by atoms with E-state index in [4.69, 9.17) is 4.74 Å². The maximum atomic E-state index is 13.4. The van der Waals surface area contributed by atoms with Crippen molar-refractivity contribution in [3.8, 4) is 5.75 Å². The quantitative estimate of drug-likeness (QED) is 0.429. The predicted molar refractivity (Wildman–Crippen MR) is 116 cm³/mol. The molecule has 149 valence electrons. The van der Waals surface area contributed by atoms with Crippen molar-refractivity contribution >= 4 is 42.9 Å². The third-order valence-corrected chi connectivity index (χ3v) is 7.58. The molecule has 1 aromatic heterocycles. The summed E-state index contributed by atoms with van der Waals surface area (Å²) in [7, 11) is -3.88. The molecule has 1 heterocycles. The number of hydrogen-bond donors (Lipinski definition) is 0. The second-order valence-electron chi connectivity index (χ2n) is 6.46. The van der Waals surface area contributed by atoms with E-state index in [1.807, 2.05) is 31.2 Å². The van der Waals surface area contributed by atoms with E-state index >= 15 is 0 Å². The predicted octanol–water partition coefficient (Wildman–Crippen LogP) is 4.37. The Labute approximate surface area is 173 Å². The van der Waals surface area contributed by atoms with Crippen molar-refractivity contribution in [2.75, 3.05) is 12.4 Å². The number of fused-ring (bicyclic) bond motifs is 2. The van der Waals surface area contributed by atoms with Crippen LogP contribution in [0, 0.1) is 6.92 Å². The zero-order chi connectivity index (χ0) is 20.6. The van der Waals surface area contributed by atoms with Crippen molar-refractivity contribution < 1.29 is 17.7 Å². The van der Waals surface area contributed by atoms with Gasteiger partial charge in [0, 0.05) is 0 Å². The molecule has 1 unspecified atom stereocenters. The number of ether oxygens (including phenoxy) is 1. The molecular weight excluding hydrogens is 406 g/mol. The fourth-order valence-electron chi connectivity index (χ4n) is 3.34. The normalized spacial score (nSPS) is 13.1. The summed E-state index contributed by atoms with van der Waals surface area (Å²) >= 11 is -1.42. The molecule has 0 N–H and O–H groups in total. The first-order valence-electron chi connectivity index (χ1n) is 9.15. The van der Waals surface area contributed by atoms with Crippen LogP contribution in [0.4, 0.5) is 0 Å². The molecule has 0 saturated carbocycles. The van der Waals surface area contributed by atoms with E-state index in [1.54, 1.807) is 36.4 Å². The molecule has 0 aliphatic rings. The van der Waals surface area contributed by atoms with Crippen molar-refractivity contribution in [2.45, 2.75) is 16.7 Å². The van der Waals surface area contributed by atoms with Gasteiger partial charge in [-0.2, -0.15) is 0 Å². The van der Waals surface area contributed by atoms with Crippen LogP contribution in [0.3, 0.4) is 0 Å². The summed E-state index contributed by atoms with van der Waals surface area (Å²) < 4.78 is 46.2. The lowest BCUT2D eigenvalue weighted by Crippen LogP contribution is -2.12. The van der Waals surface area contributed by atoms with Crippen LogP contribution in [0.5, 0.6) is 5.75 Å². The van der Waals surface area contributed by atoms with Gasteiger partial charge in [-0.1, -0.05) is 30.3 Å². The van der Waals surface area contributed by atoms with E-state index < -0.39 is 21.2 Å². The van der Waals surface area contributed by atoms with E-state index in [0.29, 0.717) is 28.2 Å². The molecule has 5 nitrogen and oxygen atoms in total. The van der Waals surface area contributed by atoms with Crippen LogP contribution in [-0.4, -0.2) is 29.3 Å². The SMILES string of the molecule is [CH2]C[S+]([O-])c1cn(S(=O)(=O)c2ccc3ccccc3c2)c2ccc(OCC)cc12. The molecule has 0 amide bonds. The van der Waals surface area contributed by atoms with Crippen LogP contribution in [0.2, 0.25) is 0 Å². The van der Waals surface area contributed by atoms with Crippen LogP contribution in [0.15, 0.2) is 76.7 Å². The second kappa shape index (κ2) is 7.74. The smallest absolute Gasteiger partial charge is 0.268 e. The summed E-state index contributed by atoms with van der Waals surface area (Å²) in [5, 5.41) is 2.39. The lowest BCUT2D eigenvalue weighted by Gasteiger charge is -2.09. The Kier molecular flexibility index (Phi) is 5.29. The number of benzene rings is 3. The van der Waals surface area contributed by atoms with Gasteiger partial charge in [0.2, 0.25) is 0 Å². The van der Waals surface area contributed by atoms with Crippen LogP contribution in [0.25, 0.3) is 21.7 Å². The highest BCUT2D eigenvalue weighted by atomic mass is 32.2. The molecule has 1 radical (unpaired) electrons. The van der Waals surface area contributed by atoms with Crippen molar-refractivity contribution in [3.05, 3.63) is 73.8 Å². The Morgan fingerprint density at radius 2 is 1.83 bits per heavy atom. The number of aromatic nitrogens is 1. The summed E-state index contributed by atoms with van der Waals surface area (Å²) in [6.45, 7) is 6.05. The minimum absolute atomic E-state index is 0.147. The molecule has 0 spiro atoms. The maximum Gasteiger partial charge on any atom is 0.268 e. The van der Waals surface area contributed by atoms with Gasteiger partial charge >= 0.3 is 0 Å². The number of rotatable bonds is 6. The lowest BCUT2D eigenvalue weighted by atomic mass is 10.1. The Morgan fingerprint density at radius 1 is 1.07 bits per heavy atom. The van der Waals surface area contributed by atoms with Crippen LogP contribution in [0.1, 0.15) is 6.92 Å². The van der Waals surface area contributed by atoms with Gasteiger partial charge in [0.15, 0.2) is 4.90 Å². The Balaban J connectivity index is 1.93. The first-order valence-corrected chi connectivity index (χ1v) is 11.9. The van der Waals surface area contributed by atoms with Gasteiger partial charge in [0.1, 0.15) is 11.5 Å². The molecule has 0 aliphatic heterocycles. The molecule has 3 aromatic carbocycles. The highest BCUT2D eigenvalue weighted by Gasteiger charge is 2.26. The standard InChI is InChI=1S/C22H20NO4S2/c1-3-27-18-10-12-21-20(14-18)22(28(24)4-2)15-23(21)29(25,26)19-11-9-16-7-5-6-8-17(16)13-19/h5-15H,2-4H2,1H3. The topological polar surface area (TPSA) is 71.4 Å². The number of nitrogens with zero attached hydrogens (tertiary/aromatic N) is 1. The molecule has 4 rings (SSSR count). The third-order valence-electron chi connectivity index (χ3n) is 4.72. The zero-order valence-electron chi connectivity index (χ0n) is 15.9. The number of hydrogen-bond acceptors (Lipinski definition) is 4. The molecule has 7 heteroatoms. The van der Waals surface area contributed by atoms with Gasteiger partial charge in [-0.3, -0.25) is 0 Å². The van der Waals surface area contributed by atoms with Crippen LogP contribution in [-0.2, 0) is 21.2 Å². The second-order valence-corrected chi connectivity index (χ2v) is 9.82. The van der Waals surface area contributed by atoms with Gasteiger partial charge in [-0.15, -0.1) is 0 Å². The maximum absolute atomic E-state index is 13.4. The van der Waals surface area contributed by atoms with Gasteiger partial charge in [0.05, 0.1) is 28.6 Å². The summed E-state index contributed by atoms with van der Waals surface area (Å²) in [6, 6.07) is 17.8. The Hall–Kier alpha value is -2.48. The first-order chi connectivity index (χ1) is 14.0. The minimum atomic E-state index is -3.88. The molecule has 0 saturated heterocycles. The summed E-state index contributed by atoms with van der Waals surface area (Å²) in [5.74, 6) is 0.747. The molecule has 29 heavy (non-hydrogen) atoms. The summed E-state index contributed by atoms with van der Waals surface area (Å²) in [6.07, 6.45) is 1.44. The third kappa shape index (κ3) is 3.50.